The van der Waals surface area contributed by atoms with Crippen LogP contribution in [0.4, 0.5) is 13.2 Å². The van der Waals surface area contributed by atoms with Crippen molar-refractivity contribution in [2.24, 2.45) is 5.92 Å². The summed E-state index contributed by atoms with van der Waals surface area (Å²) in [6, 6.07) is -0.108. The van der Waals surface area contributed by atoms with Crippen molar-refractivity contribution in [2.45, 2.75) is 37.9 Å². The van der Waals surface area contributed by atoms with E-state index in [0.29, 0.717) is 6.54 Å². The van der Waals surface area contributed by atoms with E-state index in [1.165, 1.54) is 12.8 Å². The number of amides is 1. The van der Waals surface area contributed by atoms with Crippen molar-refractivity contribution in [3.8, 4) is 0 Å². The largest absolute Gasteiger partial charge is 0.397 e. The zero-order valence-corrected chi connectivity index (χ0v) is 9.59. The second-order valence-corrected chi connectivity index (χ2v) is 5.05. The normalized spacial score (nSPS) is 26.2. The summed E-state index contributed by atoms with van der Waals surface area (Å²) in [6.45, 7) is 2.61. The smallest absolute Gasteiger partial charge is 0.352 e. The van der Waals surface area contributed by atoms with Crippen LogP contribution in [-0.4, -0.2) is 42.7 Å². The van der Waals surface area contributed by atoms with Gasteiger partial charge >= 0.3 is 6.18 Å². The number of nitrogens with one attached hydrogen (secondary N) is 1. The van der Waals surface area contributed by atoms with Crippen LogP contribution in [0.25, 0.3) is 0 Å². The van der Waals surface area contributed by atoms with Gasteiger partial charge in [0, 0.05) is 25.7 Å². The van der Waals surface area contributed by atoms with Crippen molar-refractivity contribution in [3.05, 3.63) is 0 Å². The molecule has 1 saturated carbocycles. The molecule has 1 N–H and O–H groups in total. The molecule has 2 rings (SSSR count). The number of nitrogens with zero attached hydrogens (tertiary/aromatic N) is 1. The Labute approximate surface area is 98.3 Å². The number of hydrogen-bond acceptors (Lipinski definition) is 2. The van der Waals surface area contributed by atoms with Gasteiger partial charge in [-0.3, -0.25) is 4.79 Å². The maximum absolute atomic E-state index is 12.0. The zero-order chi connectivity index (χ0) is 12.5. The highest BCUT2D eigenvalue weighted by Crippen LogP contribution is 2.30. The second kappa shape index (κ2) is 4.84. The molecule has 0 aromatic carbocycles. The maximum Gasteiger partial charge on any atom is 0.397 e. The van der Waals surface area contributed by atoms with Gasteiger partial charge in [0.2, 0.25) is 5.91 Å². The monoisotopic (exact) mass is 250 g/mol. The summed E-state index contributed by atoms with van der Waals surface area (Å²) in [4.78, 5) is 13.3. The van der Waals surface area contributed by atoms with Gasteiger partial charge in [0.1, 0.15) is 6.42 Å². The first-order chi connectivity index (χ1) is 7.92. The minimum atomic E-state index is -4.41. The molecule has 0 spiro atoms. The third-order valence-corrected chi connectivity index (χ3v) is 3.21. The van der Waals surface area contributed by atoms with E-state index in [-0.39, 0.29) is 6.04 Å². The molecule has 1 heterocycles. The molecule has 1 unspecified atom stereocenters. The van der Waals surface area contributed by atoms with Gasteiger partial charge in [0.15, 0.2) is 0 Å². The van der Waals surface area contributed by atoms with E-state index in [1.54, 1.807) is 0 Å². The Morgan fingerprint density at radius 1 is 1.29 bits per heavy atom. The Morgan fingerprint density at radius 2 is 2.00 bits per heavy atom. The molecular formula is C11H17F3N2O. The lowest BCUT2D eigenvalue weighted by atomic mass is 10.2. The quantitative estimate of drug-likeness (QED) is 0.821. The van der Waals surface area contributed by atoms with Crippen molar-refractivity contribution in [1.82, 2.24) is 10.2 Å². The minimum Gasteiger partial charge on any atom is -0.352 e. The maximum atomic E-state index is 12.0. The summed E-state index contributed by atoms with van der Waals surface area (Å²) >= 11 is 0. The first-order valence-corrected chi connectivity index (χ1v) is 6.01. The molecule has 0 aromatic heterocycles. The molecule has 1 saturated heterocycles. The van der Waals surface area contributed by atoms with Crippen LogP contribution in [0.2, 0.25) is 0 Å². The average Bonchev–Trinajstić information content (AvgIpc) is 2.84. The minimum absolute atomic E-state index is 0.108. The first kappa shape index (κ1) is 12.7. The topological polar surface area (TPSA) is 32.3 Å². The highest BCUT2D eigenvalue weighted by Gasteiger charge is 2.34. The predicted molar refractivity (Wildman–Crippen MR) is 56.4 cm³/mol. The second-order valence-electron chi connectivity index (χ2n) is 5.05. The molecule has 98 valence electrons. The number of alkyl halides is 3. The average molecular weight is 250 g/mol. The molecule has 3 nitrogen and oxygen atoms in total. The lowest BCUT2D eigenvalue weighted by molar-refractivity contribution is -0.154. The van der Waals surface area contributed by atoms with Gasteiger partial charge in [0.05, 0.1) is 0 Å². The van der Waals surface area contributed by atoms with E-state index in [9.17, 15) is 18.0 Å². The van der Waals surface area contributed by atoms with Gasteiger partial charge < -0.3 is 10.2 Å². The number of halogens is 3. The van der Waals surface area contributed by atoms with Gasteiger partial charge in [-0.2, -0.15) is 13.2 Å². The summed E-state index contributed by atoms with van der Waals surface area (Å²) in [5.41, 5.74) is 0. The fourth-order valence-electron chi connectivity index (χ4n) is 2.24. The van der Waals surface area contributed by atoms with E-state index < -0.39 is 18.5 Å². The fourth-order valence-corrected chi connectivity index (χ4v) is 2.24. The van der Waals surface area contributed by atoms with Crippen LogP contribution in [0, 0.1) is 5.92 Å². The third-order valence-electron chi connectivity index (χ3n) is 3.21. The molecule has 0 aromatic rings. The van der Waals surface area contributed by atoms with Gasteiger partial charge in [-0.15, -0.1) is 0 Å². The van der Waals surface area contributed by atoms with Crippen LogP contribution in [0.1, 0.15) is 25.7 Å². The summed E-state index contributed by atoms with van der Waals surface area (Å²) in [6.07, 6.45) is -2.48. The van der Waals surface area contributed by atoms with E-state index in [1.807, 2.05) is 0 Å². The Morgan fingerprint density at radius 3 is 2.59 bits per heavy atom. The van der Waals surface area contributed by atoms with Crippen molar-refractivity contribution in [3.63, 3.8) is 0 Å². The van der Waals surface area contributed by atoms with Gasteiger partial charge in [0.25, 0.3) is 0 Å². The van der Waals surface area contributed by atoms with Crippen LogP contribution in [0.15, 0.2) is 0 Å². The van der Waals surface area contributed by atoms with E-state index >= 15 is 0 Å². The molecular weight excluding hydrogens is 233 g/mol. The molecule has 1 aliphatic carbocycles. The zero-order valence-electron chi connectivity index (χ0n) is 9.59. The van der Waals surface area contributed by atoms with Crippen LogP contribution < -0.4 is 5.32 Å². The molecule has 1 aliphatic heterocycles. The highest BCUT2D eigenvalue weighted by atomic mass is 19.4. The van der Waals surface area contributed by atoms with Gasteiger partial charge in [-0.25, -0.2) is 0 Å². The summed E-state index contributed by atoms with van der Waals surface area (Å²) < 4.78 is 35.9. The molecule has 17 heavy (non-hydrogen) atoms. The Bertz CT molecular complexity index is 289. The molecule has 0 radical (unpaired) electrons. The van der Waals surface area contributed by atoms with Crippen LogP contribution >= 0.6 is 0 Å². The lowest BCUT2D eigenvalue weighted by Gasteiger charge is -2.16. The Balaban J connectivity index is 1.67. The van der Waals surface area contributed by atoms with Gasteiger partial charge in [-0.1, -0.05) is 0 Å². The molecule has 2 aliphatic rings. The predicted octanol–water partition coefficient (Wildman–Crippen LogP) is 1.54. The van der Waals surface area contributed by atoms with Crippen molar-refractivity contribution in [1.29, 1.82) is 0 Å². The van der Waals surface area contributed by atoms with Crippen LogP contribution in [-0.2, 0) is 4.79 Å². The standard InChI is InChI=1S/C11H17F3N2O/c12-11(13,14)5-10(17)15-9-3-4-16(7-9)6-8-1-2-8/h8-9H,1-7H2,(H,15,17). The number of likely N-dealkylation sites (tertiary alicyclic amines) is 1. The van der Waals surface area contributed by atoms with Crippen molar-refractivity contribution >= 4 is 5.91 Å². The van der Waals surface area contributed by atoms with E-state index in [2.05, 4.69) is 10.2 Å². The number of carbonyl (C=O) groups excluding carboxylic acids is 1. The number of hydrogen-bond donors (Lipinski definition) is 1. The van der Waals surface area contributed by atoms with Crippen molar-refractivity contribution < 1.29 is 18.0 Å². The van der Waals surface area contributed by atoms with Crippen LogP contribution in [0.3, 0.4) is 0 Å². The van der Waals surface area contributed by atoms with Crippen LogP contribution in [0.5, 0.6) is 0 Å². The highest BCUT2D eigenvalue weighted by molar-refractivity contribution is 5.76. The SMILES string of the molecule is O=C(CC(F)(F)F)NC1CCN(CC2CC2)C1. The summed E-state index contributed by atoms with van der Waals surface area (Å²) in [5.74, 6) is -0.129. The molecule has 2 fully saturated rings. The van der Waals surface area contributed by atoms with E-state index in [0.717, 1.165) is 25.4 Å². The van der Waals surface area contributed by atoms with Crippen molar-refractivity contribution in [2.75, 3.05) is 19.6 Å². The number of rotatable bonds is 4. The third kappa shape index (κ3) is 4.53. The summed E-state index contributed by atoms with van der Waals surface area (Å²) in [5, 5.41) is 2.46. The molecule has 6 heteroatoms. The molecule has 1 amide bonds. The lowest BCUT2D eigenvalue weighted by Crippen LogP contribution is -2.39. The Kier molecular flexibility index (Phi) is 3.61. The summed E-state index contributed by atoms with van der Waals surface area (Å²) in [7, 11) is 0. The Hall–Kier alpha value is -0.780. The molecule has 0 bridgehead atoms. The van der Waals surface area contributed by atoms with Gasteiger partial charge in [-0.05, 0) is 25.2 Å². The number of carbonyl (C=O) groups is 1. The first-order valence-electron chi connectivity index (χ1n) is 6.01. The fraction of sp³-hybridized carbons (Fsp3) is 0.909. The molecule has 1 atom stereocenters. The van der Waals surface area contributed by atoms with E-state index in [4.69, 9.17) is 0 Å².